The van der Waals surface area contributed by atoms with Crippen LogP contribution < -0.4 is 0 Å². The highest BCUT2D eigenvalue weighted by Gasteiger charge is 2.68. The maximum absolute atomic E-state index is 10.8. The Morgan fingerprint density at radius 1 is 1.27 bits per heavy atom. The van der Waals surface area contributed by atoms with Gasteiger partial charge < -0.3 is 10.0 Å². The van der Waals surface area contributed by atoms with Crippen molar-refractivity contribution in [2.45, 2.75) is 35.5 Å². The third-order valence-electron chi connectivity index (χ3n) is 4.64. The lowest BCUT2D eigenvalue weighted by molar-refractivity contribution is -0.127. The van der Waals surface area contributed by atoms with Gasteiger partial charge in [0, 0.05) is 16.5 Å². The number of halogens is 1. The van der Waals surface area contributed by atoms with E-state index >= 15 is 0 Å². The molecular weight excluding hydrogens is 305 g/mol. The van der Waals surface area contributed by atoms with Crippen molar-refractivity contribution < 1.29 is 9.90 Å². The van der Waals surface area contributed by atoms with E-state index in [0.29, 0.717) is 8.84 Å². The summed E-state index contributed by atoms with van der Waals surface area (Å²) in [5.74, 6) is 0.810. The van der Waals surface area contributed by atoms with Crippen LogP contribution in [0.4, 0.5) is 4.79 Å². The van der Waals surface area contributed by atoms with Crippen molar-refractivity contribution in [2.75, 3.05) is 13.1 Å². The van der Waals surface area contributed by atoms with Crippen LogP contribution in [0.15, 0.2) is 0 Å². The number of carbonyl (C=O) groups is 1. The zero-order valence-electron chi connectivity index (χ0n) is 8.71. The molecule has 0 unspecified atom stereocenters. The molecule has 0 aromatic rings. The van der Waals surface area contributed by atoms with E-state index in [9.17, 15) is 4.79 Å². The monoisotopic (exact) mass is 321 g/mol. The third-order valence-corrected chi connectivity index (χ3v) is 5.78. The first-order valence-corrected chi connectivity index (χ1v) is 6.78. The fraction of sp³-hybridized carbons (Fsp3) is 0.909. The molecule has 1 saturated heterocycles. The summed E-state index contributed by atoms with van der Waals surface area (Å²) in [6, 6.07) is 0. The van der Waals surface area contributed by atoms with Crippen LogP contribution in [-0.2, 0) is 0 Å². The molecule has 0 aromatic carbocycles. The molecule has 4 heteroatoms. The highest BCUT2D eigenvalue weighted by Crippen LogP contribution is 2.75. The molecule has 3 nitrogen and oxygen atoms in total. The Bertz CT molecular complexity index is 290. The lowest BCUT2D eigenvalue weighted by Crippen LogP contribution is -2.67. The number of hydrogen-bond acceptors (Lipinski definition) is 1. The molecule has 84 valence electrons. The van der Waals surface area contributed by atoms with Crippen molar-refractivity contribution in [2.24, 2.45) is 11.3 Å². The van der Waals surface area contributed by atoms with Crippen LogP contribution in [0.1, 0.15) is 32.1 Å². The number of likely N-dealkylation sites (tertiary alicyclic amines) is 1. The zero-order valence-corrected chi connectivity index (χ0v) is 10.9. The summed E-state index contributed by atoms with van der Waals surface area (Å²) >= 11 is 2.61. The molecule has 3 saturated carbocycles. The van der Waals surface area contributed by atoms with Gasteiger partial charge in [-0.05, 0) is 43.4 Å². The fourth-order valence-corrected chi connectivity index (χ4v) is 6.13. The summed E-state index contributed by atoms with van der Waals surface area (Å²) in [4.78, 5) is 12.4. The van der Waals surface area contributed by atoms with Crippen LogP contribution in [0.5, 0.6) is 0 Å². The topological polar surface area (TPSA) is 40.5 Å². The first-order valence-electron chi connectivity index (χ1n) is 5.70. The van der Waals surface area contributed by atoms with Gasteiger partial charge >= 0.3 is 6.09 Å². The Balaban J connectivity index is 1.57. The van der Waals surface area contributed by atoms with E-state index in [0.717, 1.165) is 31.8 Å². The van der Waals surface area contributed by atoms with Gasteiger partial charge in [0.15, 0.2) is 0 Å². The second-order valence-electron chi connectivity index (χ2n) is 5.59. The number of rotatable bonds is 1. The van der Waals surface area contributed by atoms with Crippen molar-refractivity contribution in [3.63, 3.8) is 0 Å². The van der Waals surface area contributed by atoms with E-state index < -0.39 is 6.09 Å². The average Bonchev–Trinajstić information content (AvgIpc) is 2.12. The molecular formula is C11H16INO2. The Labute approximate surface area is 103 Å². The fourth-order valence-electron chi connectivity index (χ4n) is 3.85. The molecule has 4 aliphatic rings. The molecule has 1 N–H and O–H groups in total. The molecule has 15 heavy (non-hydrogen) atoms. The molecule has 4 rings (SSSR count). The SMILES string of the molecule is O=C(O)N1CCC(C23CC(I)(C2)C3)CC1. The quantitative estimate of drug-likeness (QED) is 0.596. The third kappa shape index (κ3) is 1.40. The molecule has 3 aliphatic carbocycles. The van der Waals surface area contributed by atoms with E-state index in [4.69, 9.17) is 5.11 Å². The van der Waals surface area contributed by atoms with Gasteiger partial charge in [-0.1, -0.05) is 22.6 Å². The van der Waals surface area contributed by atoms with Crippen molar-refractivity contribution in [1.29, 1.82) is 0 Å². The van der Waals surface area contributed by atoms with Crippen molar-refractivity contribution >= 4 is 28.7 Å². The van der Waals surface area contributed by atoms with Gasteiger partial charge in [0.1, 0.15) is 0 Å². The summed E-state index contributed by atoms with van der Waals surface area (Å²) in [5.41, 5.74) is 0.645. The molecule has 1 aliphatic heterocycles. The average molecular weight is 321 g/mol. The molecule has 2 bridgehead atoms. The normalized spacial score (nSPS) is 44.5. The van der Waals surface area contributed by atoms with E-state index in [1.807, 2.05) is 0 Å². The smallest absolute Gasteiger partial charge is 0.407 e. The van der Waals surface area contributed by atoms with Gasteiger partial charge in [-0.25, -0.2) is 4.79 Å². The minimum atomic E-state index is -0.739. The standard InChI is InChI=1S/C11H16INO2/c12-11-5-10(6-11,7-11)8-1-3-13(4-2-8)9(14)15/h8H,1-7H2,(H,14,15). The second kappa shape index (κ2) is 3.02. The zero-order chi connectivity index (χ0) is 10.7. The van der Waals surface area contributed by atoms with Gasteiger partial charge in [-0.2, -0.15) is 0 Å². The van der Waals surface area contributed by atoms with Crippen molar-refractivity contribution in [1.82, 2.24) is 4.90 Å². The van der Waals surface area contributed by atoms with Crippen LogP contribution in [0.2, 0.25) is 0 Å². The van der Waals surface area contributed by atoms with Crippen LogP contribution in [0, 0.1) is 11.3 Å². The van der Waals surface area contributed by atoms with E-state index in [2.05, 4.69) is 22.6 Å². The lowest BCUT2D eigenvalue weighted by Gasteiger charge is -2.72. The number of alkyl halides is 1. The summed E-state index contributed by atoms with van der Waals surface area (Å²) < 4.78 is 0.654. The number of piperidine rings is 1. The summed E-state index contributed by atoms with van der Waals surface area (Å²) in [5, 5.41) is 8.87. The number of carboxylic acid groups (broad SMARTS) is 1. The molecule has 1 heterocycles. The number of nitrogens with zero attached hydrogens (tertiary/aromatic N) is 1. The van der Waals surface area contributed by atoms with E-state index in [-0.39, 0.29) is 0 Å². The largest absolute Gasteiger partial charge is 0.465 e. The maximum Gasteiger partial charge on any atom is 0.407 e. The Hall–Kier alpha value is 0. The van der Waals surface area contributed by atoms with Gasteiger partial charge in [0.25, 0.3) is 0 Å². The van der Waals surface area contributed by atoms with Crippen LogP contribution in [-0.4, -0.2) is 32.6 Å². The predicted molar refractivity (Wildman–Crippen MR) is 65.4 cm³/mol. The Morgan fingerprint density at radius 3 is 2.20 bits per heavy atom. The second-order valence-corrected chi connectivity index (χ2v) is 7.88. The van der Waals surface area contributed by atoms with Crippen molar-refractivity contribution in [3.8, 4) is 0 Å². The summed E-state index contributed by atoms with van der Waals surface area (Å²) in [7, 11) is 0. The van der Waals surface area contributed by atoms with Gasteiger partial charge in [-0.3, -0.25) is 0 Å². The van der Waals surface area contributed by atoms with Crippen LogP contribution in [0.3, 0.4) is 0 Å². The van der Waals surface area contributed by atoms with E-state index in [1.54, 1.807) is 4.90 Å². The number of hydrogen-bond donors (Lipinski definition) is 1. The summed E-state index contributed by atoms with van der Waals surface area (Å²) in [6.45, 7) is 1.52. The molecule has 4 fully saturated rings. The number of amides is 1. The van der Waals surface area contributed by atoms with E-state index in [1.165, 1.54) is 19.3 Å². The van der Waals surface area contributed by atoms with Crippen LogP contribution >= 0.6 is 22.6 Å². The Morgan fingerprint density at radius 2 is 1.80 bits per heavy atom. The lowest BCUT2D eigenvalue weighted by atomic mass is 9.39. The van der Waals surface area contributed by atoms with Crippen LogP contribution in [0.25, 0.3) is 0 Å². The highest BCUT2D eigenvalue weighted by atomic mass is 127. The van der Waals surface area contributed by atoms with Gasteiger partial charge in [0.05, 0.1) is 0 Å². The predicted octanol–water partition coefficient (Wildman–Crippen LogP) is 2.73. The first-order chi connectivity index (χ1) is 7.03. The van der Waals surface area contributed by atoms with Gasteiger partial charge in [0.2, 0.25) is 0 Å². The molecule has 0 spiro atoms. The molecule has 0 radical (unpaired) electrons. The van der Waals surface area contributed by atoms with Crippen molar-refractivity contribution in [3.05, 3.63) is 0 Å². The molecule has 1 amide bonds. The Kier molecular flexibility index (Phi) is 2.05. The first kappa shape index (κ1) is 10.2. The summed E-state index contributed by atoms with van der Waals surface area (Å²) in [6.07, 6.45) is 5.66. The molecule has 0 aromatic heterocycles. The minimum absolute atomic E-state index is 0.645. The molecule has 0 atom stereocenters. The highest BCUT2D eigenvalue weighted by molar-refractivity contribution is 14.1. The minimum Gasteiger partial charge on any atom is -0.465 e. The van der Waals surface area contributed by atoms with Gasteiger partial charge in [-0.15, -0.1) is 0 Å². The maximum atomic E-state index is 10.8.